The number of benzene rings is 3. The number of nitrogens with zero attached hydrogens (tertiary/aromatic N) is 4. The summed E-state index contributed by atoms with van der Waals surface area (Å²) in [6.07, 6.45) is 8.87. The highest BCUT2D eigenvalue weighted by Gasteiger charge is 2.22. The Morgan fingerprint density at radius 1 is 0.836 bits per heavy atom. The molecule has 11 nitrogen and oxygen atoms in total. The first-order valence-electron chi connectivity index (χ1n) is 19.7. The van der Waals surface area contributed by atoms with Crippen LogP contribution >= 0.6 is 0 Å². The fourth-order valence-corrected chi connectivity index (χ4v) is 7.12. The summed E-state index contributed by atoms with van der Waals surface area (Å²) >= 11 is 0. The van der Waals surface area contributed by atoms with Crippen molar-refractivity contribution in [3.63, 3.8) is 0 Å². The number of imidazole rings is 2. The van der Waals surface area contributed by atoms with Gasteiger partial charge in [-0.15, -0.1) is 0 Å². The van der Waals surface area contributed by atoms with Gasteiger partial charge in [-0.3, -0.25) is 4.99 Å². The topological polar surface area (TPSA) is 135 Å². The van der Waals surface area contributed by atoms with E-state index < -0.39 is 0 Å². The van der Waals surface area contributed by atoms with Crippen molar-refractivity contribution < 1.29 is 4.52 Å². The lowest BCUT2D eigenvalue weighted by Crippen LogP contribution is -2.36. The van der Waals surface area contributed by atoms with Gasteiger partial charge >= 0.3 is 0 Å². The quantitative estimate of drug-likeness (QED) is 0.0361. The summed E-state index contributed by atoms with van der Waals surface area (Å²) in [7, 11) is 0. The van der Waals surface area contributed by atoms with E-state index in [1.54, 1.807) is 6.20 Å². The number of aromatic nitrogens is 5. The van der Waals surface area contributed by atoms with Gasteiger partial charge in [0.2, 0.25) is 0 Å². The molecule has 7 rings (SSSR count). The van der Waals surface area contributed by atoms with Crippen molar-refractivity contribution in [2.45, 2.75) is 72.5 Å². The fraction of sp³-hybridized carbons (Fsp3) is 0.341. The maximum atomic E-state index is 6.73. The second-order valence-electron chi connectivity index (χ2n) is 14.4. The molecule has 4 heterocycles. The Bertz CT molecular complexity index is 2390. The SMILES string of the molecule is C=N/C=C(\NCC(C)NCCC)c1ccc2c(c1)on1c3ccc(-c4cnc(C(C)NCCC)[nH]4)cc3c(-c3ccc(-c4cnc(CNCCC)[nH]4)cc3)c21. The van der Waals surface area contributed by atoms with E-state index in [1.807, 2.05) is 17.0 Å². The van der Waals surface area contributed by atoms with Crippen LogP contribution in [-0.4, -0.2) is 63.4 Å². The second kappa shape index (κ2) is 17.3. The molecule has 286 valence electrons. The predicted molar refractivity (Wildman–Crippen MR) is 227 cm³/mol. The van der Waals surface area contributed by atoms with Crippen molar-refractivity contribution >= 4 is 39.8 Å². The van der Waals surface area contributed by atoms with E-state index in [2.05, 4.69) is 143 Å². The van der Waals surface area contributed by atoms with Crippen LogP contribution in [-0.2, 0) is 6.54 Å². The van der Waals surface area contributed by atoms with Crippen molar-refractivity contribution in [3.05, 3.63) is 96.5 Å². The molecule has 55 heavy (non-hydrogen) atoms. The van der Waals surface area contributed by atoms with Crippen LogP contribution in [0.3, 0.4) is 0 Å². The summed E-state index contributed by atoms with van der Waals surface area (Å²) in [4.78, 5) is 20.5. The van der Waals surface area contributed by atoms with Gasteiger partial charge in [-0.1, -0.05) is 57.2 Å². The Hall–Kier alpha value is -5.49. The average molecular weight is 739 g/mol. The van der Waals surface area contributed by atoms with Crippen molar-refractivity contribution in [3.8, 4) is 33.6 Å². The summed E-state index contributed by atoms with van der Waals surface area (Å²) in [5, 5.41) is 16.2. The van der Waals surface area contributed by atoms with Gasteiger partial charge in [0.1, 0.15) is 17.2 Å². The third-order valence-corrected chi connectivity index (χ3v) is 10.1. The molecule has 0 spiro atoms. The standard InChI is InChI=1S/C44H54N10O/c1-7-18-46-27-41-50-25-37(52-41)30-10-12-31(13-11-30)42-35-21-32(38-26-51-44(53-38)29(5)48-20-9-3)15-17-39(35)54-43(42)34-16-14-33(22-40(34)55-54)36(24-45-6)49-23-28(4)47-19-8-2/h10-17,21-22,24-26,28-29,46-49H,6-9,18-20,23,27H2,1-5H3,(H,50,52)(H,51,53)/b36-24-. The van der Waals surface area contributed by atoms with Gasteiger partial charge in [0.15, 0.2) is 5.58 Å². The summed E-state index contributed by atoms with van der Waals surface area (Å²) in [5.41, 5.74) is 11.0. The Labute approximate surface area is 323 Å². The molecule has 0 fully saturated rings. The van der Waals surface area contributed by atoms with Crippen LogP contribution < -0.4 is 21.3 Å². The molecule has 4 aromatic heterocycles. The van der Waals surface area contributed by atoms with Crippen LogP contribution in [0.5, 0.6) is 0 Å². The molecular weight excluding hydrogens is 685 g/mol. The molecule has 0 aliphatic heterocycles. The maximum Gasteiger partial charge on any atom is 0.165 e. The van der Waals surface area contributed by atoms with E-state index in [9.17, 15) is 0 Å². The molecule has 11 heteroatoms. The highest BCUT2D eigenvalue weighted by atomic mass is 16.5. The number of aromatic amines is 2. The molecule has 0 radical (unpaired) electrons. The van der Waals surface area contributed by atoms with E-state index in [0.29, 0.717) is 6.04 Å². The number of hydrogen-bond acceptors (Lipinski definition) is 8. The van der Waals surface area contributed by atoms with Gasteiger partial charge < -0.3 is 35.8 Å². The van der Waals surface area contributed by atoms with Crippen molar-refractivity contribution in [2.75, 3.05) is 26.2 Å². The smallest absolute Gasteiger partial charge is 0.165 e. The van der Waals surface area contributed by atoms with Crippen LogP contribution in [0.15, 0.2) is 88.8 Å². The molecule has 0 amide bonds. The molecule has 7 aromatic rings. The number of hydrogen-bond donors (Lipinski definition) is 6. The lowest BCUT2D eigenvalue weighted by atomic mass is 9.98. The van der Waals surface area contributed by atoms with E-state index in [1.165, 1.54) is 0 Å². The van der Waals surface area contributed by atoms with Crippen molar-refractivity contribution in [1.29, 1.82) is 0 Å². The highest BCUT2D eigenvalue weighted by molar-refractivity contribution is 6.14. The maximum absolute atomic E-state index is 6.73. The van der Waals surface area contributed by atoms with Gasteiger partial charge in [-0.25, -0.2) is 9.97 Å². The second-order valence-corrected chi connectivity index (χ2v) is 14.4. The molecule has 2 atom stereocenters. The van der Waals surface area contributed by atoms with E-state index in [-0.39, 0.29) is 6.04 Å². The molecule has 0 saturated heterocycles. The Morgan fingerprint density at radius 2 is 1.56 bits per heavy atom. The van der Waals surface area contributed by atoms with Gasteiger partial charge in [0, 0.05) is 46.2 Å². The lowest BCUT2D eigenvalue weighted by molar-refractivity contribution is 0.425. The largest absolute Gasteiger partial charge is 0.382 e. The number of aliphatic imine (C=N–C) groups is 1. The molecule has 0 bridgehead atoms. The Balaban J connectivity index is 1.30. The van der Waals surface area contributed by atoms with E-state index >= 15 is 0 Å². The zero-order valence-corrected chi connectivity index (χ0v) is 32.7. The number of H-pyrrole nitrogens is 2. The van der Waals surface area contributed by atoms with Crippen LogP contribution in [0.25, 0.3) is 66.7 Å². The van der Waals surface area contributed by atoms with Crippen molar-refractivity contribution in [1.82, 2.24) is 45.8 Å². The summed E-state index contributed by atoms with van der Waals surface area (Å²) < 4.78 is 8.71. The first-order chi connectivity index (χ1) is 26.9. The Kier molecular flexibility index (Phi) is 11.9. The predicted octanol–water partition coefficient (Wildman–Crippen LogP) is 8.82. The molecule has 6 N–H and O–H groups in total. The fourth-order valence-electron chi connectivity index (χ4n) is 7.12. The number of fused-ring (bicyclic) bond motifs is 5. The first-order valence-corrected chi connectivity index (χ1v) is 19.7. The molecule has 0 saturated carbocycles. The lowest BCUT2D eigenvalue weighted by Gasteiger charge is -2.17. The third-order valence-electron chi connectivity index (χ3n) is 10.1. The van der Waals surface area contributed by atoms with Gasteiger partial charge in [-0.2, -0.15) is 4.57 Å². The molecule has 2 unspecified atom stereocenters. The molecule has 0 aliphatic rings. The van der Waals surface area contributed by atoms with Gasteiger partial charge in [0.25, 0.3) is 0 Å². The Morgan fingerprint density at radius 3 is 2.35 bits per heavy atom. The third kappa shape index (κ3) is 8.14. The minimum Gasteiger partial charge on any atom is -0.382 e. The van der Waals surface area contributed by atoms with E-state index in [0.717, 1.165) is 136 Å². The highest BCUT2D eigenvalue weighted by Crippen LogP contribution is 2.42. The molecule has 3 aromatic carbocycles. The summed E-state index contributed by atoms with van der Waals surface area (Å²) in [5.74, 6) is 1.86. The normalized spacial score (nSPS) is 13.3. The molecular formula is C44H54N10O. The van der Waals surface area contributed by atoms with Crippen LogP contribution in [0.4, 0.5) is 0 Å². The van der Waals surface area contributed by atoms with Gasteiger partial charge in [-0.05, 0) is 94.9 Å². The number of rotatable bonds is 19. The summed E-state index contributed by atoms with van der Waals surface area (Å²) in [6, 6.07) is 22.1. The van der Waals surface area contributed by atoms with Crippen LogP contribution in [0.2, 0.25) is 0 Å². The zero-order valence-electron chi connectivity index (χ0n) is 32.7. The number of nitrogens with one attached hydrogen (secondary N) is 6. The van der Waals surface area contributed by atoms with Crippen LogP contribution in [0, 0.1) is 0 Å². The molecule has 0 aliphatic carbocycles. The van der Waals surface area contributed by atoms with E-state index in [4.69, 9.17) is 9.51 Å². The summed E-state index contributed by atoms with van der Waals surface area (Å²) in [6.45, 7) is 18.9. The minimum absolute atomic E-state index is 0.132. The first kappa shape index (κ1) is 37.8. The van der Waals surface area contributed by atoms with Crippen LogP contribution in [0.1, 0.15) is 77.1 Å². The van der Waals surface area contributed by atoms with Crippen molar-refractivity contribution in [2.24, 2.45) is 4.99 Å². The van der Waals surface area contributed by atoms with Gasteiger partial charge in [0.05, 0.1) is 47.6 Å². The minimum atomic E-state index is 0.132. The zero-order chi connectivity index (χ0) is 38.3. The average Bonchev–Trinajstić information content (AvgIpc) is 4.02. The monoisotopic (exact) mass is 738 g/mol.